The van der Waals surface area contributed by atoms with Crippen LogP contribution in [-0.2, 0) is 9.59 Å². The lowest BCUT2D eigenvalue weighted by atomic mass is 9.97. The molecule has 0 spiro atoms. The second kappa shape index (κ2) is 8.58. The highest BCUT2D eigenvalue weighted by Gasteiger charge is 2.34. The molecule has 3 rings (SSSR count). The van der Waals surface area contributed by atoms with Gasteiger partial charge in [-0.3, -0.25) is 9.59 Å². The van der Waals surface area contributed by atoms with Crippen LogP contribution in [0.5, 0.6) is 5.75 Å². The van der Waals surface area contributed by atoms with Gasteiger partial charge in [0.05, 0.1) is 18.1 Å². The van der Waals surface area contributed by atoms with E-state index in [0.29, 0.717) is 29.5 Å². The highest BCUT2D eigenvalue weighted by atomic mass is 35.5. The number of allylic oxidation sites excluding steroid dienone is 1. The molecule has 140 valence electrons. The monoisotopic (exact) mass is 376 g/mol. The Kier molecular flexibility index (Phi) is 6.20. The Bertz CT molecular complexity index is 717. The lowest BCUT2D eigenvalue weighted by Gasteiger charge is -2.19. The third kappa shape index (κ3) is 4.58. The number of methoxy groups -OCH3 is 1. The van der Waals surface area contributed by atoms with Crippen molar-refractivity contribution in [2.24, 2.45) is 5.92 Å². The van der Waals surface area contributed by atoms with Gasteiger partial charge in [0.2, 0.25) is 11.8 Å². The van der Waals surface area contributed by atoms with Crippen molar-refractivity contribution >= 4 is 29.1 Å². The third-order valence-electron chi connectivity index (χ3n) is 5.09. The number of anilines is 1. The van der Waals surface area contributed by atoms with Gasteiger partial charge in [-0.2, -0.15) is 0 Å². The summed E-state index contributed by atoms with van der Waals surface area (Å²) in [5.41, 5.74) is 2.06. The van der Waals surface area contributed by atoms with E-state index in [0.717, 1.165) is 19.3 Å². The number of likely N-dealkylation sites (tertiary alicyclic amines) is 1. The SMILES string of the molecule is COc1ccc(NC(=O)C2CC(=O)N(CCC3=CCCCC3)C2)cc1Cl. The molecule has 26 heavy (non-hydrogen) atoms. The summed E-state index contributed by atoms with van der Waals surface area (Å²) in [4.78, 5) is 26.6. The molecule has 0 aromatic heterocycles. The van der Waals surface area contributed by atoms with Gasteiger partial charge in [-0.05, 0) is 50.3 Å². The van der Waals surface area contributed by atoms with Gasteiger partial charge in [0.15, 0.2) is 0 Å². The van der Waals surface area contributed by atoms with E-state index in [-0.39, 0.29) is 24.2 Å². The molecule has 1 atom stereocenters. The molecule has 5 nitrogen and oxygen atoms in total. The number of nitrogens with zero attached hydrogens (tertiary/aromatic N) is 1. The number of carbonyl (C=O) groups excluding carboxylic acids is 2. The summed E-state index contributed by atoms with van der Waals surface area (Å²) in [6.07, 6.45) is 8.31. The summed E-state index contributed by atoms with van der Waals surface area (Å²) in [5, 5.41) is 3.29. The van der Waals surface area contributed by atoms with Gasteiger partial charge < -0.3 is 15.0 Å². The zero-order chi connectivity index (χ0) is 18.5. The van der Waals surface area contributed by atoms with E-state index in [4.69, 9.17) is 16.3 Å². The first-order chi connectivity index (χ1) is 12.6. The van der Waals surface area contributed by atoms with Crippen molar-refractivity contribution in [1.82, 2.24) is 4.90 Å². The van der Waals surface area contributed by atoms with Gasteiger partial charge in [-0.25, -0.2) is 0 Å². The maximum Gasteiger partial charge on any atom is 0.229 e. The molecule has 1 heterocycles. The maximum absolute atomic E-state index is 12.5. The number of benzene rings is 1. The molecule has 1 aliphatic carbocycles. The molecule has 1 N–H and O–H groups in total. The van der Waals surface area contributed by atoms with Crippen molar-refractivity contribution in [2.45, 2.75) is 38.5 Å². The molecule has 0 radical (unpaired) electrons. The summed E-state index contributed by atoms with van der Waals surface area (Å²) < 4.78 is 5.11. The van der Waals surface area contributed by atoms with Crippen LogP contribution < -0.4 is 10.1 Å². The predicted molar refractivity (Wildman–Crippen MR) is 102 cm³/mol. The molecule has 1 saturated heterocycles. The van der Waals surface area contributed by atoms with Crippen LogP contribution >= 0.6 is 11.6 Å². The minimum atomic E-state index is -0.316. The second-order valence-electron chi connectivity index (χ2n) is 6.94. The van der Waals surface area contributed by atoms with Gasteiger partial charge in [-0.15, -0.1) is 0 Å². The fourth-order valence-corrected chi connectivity index (χ4v) is 3.82. The summed E-state index contributed by atoms with van der Waals surface area (Å²) >= 11 is 6.09. The molecule has 1 unspecified atom stereocenters. The first kappa shape index (κ1) is 18.8. The molecule has 2 amide bonds. The smallest absolute Gasteiger partial charge is 0.229 e. The minimum absolute atomic E-state index is 0.0642. The minimum Gasteiger partial charge on any atom is -0.495 e. The van der Waals surface area contributed by atoms with Crippen molar-refractivity contribution in [1.29, 1.82) is 0 Å². The number of carbonyl (C=O) groups is 2. The van der Waals surface area contributed by atoms with Gasteiger partial charge in [0.25, 0.3) is 0 Å². The van der Waals surface area contributed by atoms with Crippen molar-refractivity contribution in [3.05, 3.63) is 34.9 Å². The fraction of sp³-hybridized carbons (Fsp3) is 0.500. The first-order valence-electron chi connectivity index (χ1n) is 9.17. The van der Waals surface area contributed by atoms with Crippen LogP contribution in [0.4, 0.5) is 5.69 Å². The van der Waals surface area contributed by atoms with Crippen molar-refractivity contribution in [2.75, 3.05) is 25.5 Å². The number of amides is 2. The number of hydrogen-bond acceptors (Lipinski definition) is 3. The van der Waals surface area contributed by atoms with E-state index < -0.39 is 0 Å². The molecular formula is C20H25ClN2O3. The normalized spacial score (nSPS) is 20.1. The Labute approximate surface area is 159 Å². The molecule has 1 aromatic carbocycles. The average molecular weight is 377 g/mol. The van der Waals surface area contributed by atoms with Crippen LogP contribution in [0.1, 0.15) is 38.5 Å². The molecule has 0 saturated carbocycles. The lowest BCUT2D eigenvalue weighted by molar-refractivity contribution is -0.128. The predicted octanol–water partition coefficient (Wildman–Crippen LogP) is 4.03. The van der Waals surface area contributed by atoms with Crippen LogP contribution in [-0.4, -0.2) is 36.9 Å². The fourth-order valence-electron chi connectivity index (χ4n) is 3.56. The van der Waals surface area contributed by atoms with Gasteiger partial charge >= 0.3 is 0 Å². The van der Waals surface area contributed by atoms with E-state index in [9.17, 15) is 9.59 Å². The quantitative estimate of drug-likeness (QED) is 0.762. The molecular weight excluding hydrogens is 352 g/mol. The highest BCUT2D eigenvalue weighted by molar-refractivity contribution is 6.32. The molecule has 2 aliphatic rings. The van der Waals surface area contributed by atoms with Gasteiger partial charge in [0.1, 0.15) is 5.75 Å². The Morgan fingerprint density at radius 1 is 1.38 bits per heavy atom. The third-order valence-corrected chi connectivity index (χ3v) is 5.39. The van der Waals surface area contributed by atoms with E-state index in [1.807, 2.05) is 4.90 Å². The molecule has 1 aliphatic heterocycles. The Balaban J connectivity index is 1.53. The second-order valence-corrected chi connectivity index (χ2v) is 7.34. The zero-order valence-electron chi connectivity index (χ0n) is 15.1. The highest BCUT2D eigenvalue weighted by Crippen LogP contribution is 2.28. The Morgan fingerprint density at radius 2 is 2.23 bits per heavy atom. The van der Waals surface area contributed by atoms with Gasteiger partial charge in [-0.1, -0.05) is 23.3 Å². The largest absolute Gasteiger partial charge is 0.495 e. The molecule has 1 fully saturated rings. The number of hydrogen-bond donors (Lipinski definition) is 1. The summed E-state index contributed by atoms with van der Waals surface area (Å²) in [7, 11) is 1.54. The standard InChI is InChI=1S/C20H25ClN2O3/c1-26-18-8-7-16(12-17(18)21)22-20(25)15-11-19(24)23(13-15)10-9-14-5-3-2-4-6-14/h5,7-8,12,15H,2-4,6,9-11,13H2,1H3,(H,22,25). The van der Waals surface area contributed by atoms with E-state index in [1.165, 1.54) is 18.4 Å². The van der Waals surface area contributed by atoms with Crippen LogP contribution in [0.15, 0.2) is 29.8 Å². The van der Waals surface area contributed by atoms with Crippen molar-refractivity contribution < 1.29 is 14.3 Å². The van der Waals surface area contributed by atoms with E-state index in [1.54, 1.807) is 25.3 Å². The summed E-state index contributed by atoms with van der Waals surface area (Å²) in [5.74, 6) is 0.168. The Hall–Kier alpha value is -2.01. The van der Waals surface area contributed by atoms with Crippen LogP contribution in [0.25, 0.3) is 0 Å². The van der Waals surface area contributed by atoms with Crippen LogP contribution in [0.3, 0.4) is 0 Å². The molecule has 1 aromatic rings. The first-order valence-corrected chi connectivity index (χ1v) is 9.54. The number of halogens is 1. The van der Waals surface area contributed by atoms with Crippen LogP contribution in [0.2, 0.25) is 5.02 Å². The Morgan fingerprint density at radius 3 is 2.92 bits per heavy atom. The van der Waals surface area contributed by atoms with Crippen LogP contribution in [0, 0.1) is 5.92 Å². The number of ether oxygens (including phenoxy) is 1. The lowest BCUT2D eigenvalue weighted by Crippen LogP contribution is -2.29. The topological polar surface area (TPSA) is 58.6 Å². The average Bonchev–Trinajstić information content (AvgIpc) is 3.02. The van der Waals surface area contributed by atoms with Crippen molar-refractivity contribution in [3.8, 4) is 5.75 Å². The molecule has 6 heteroatoms. The number of rotatable bonds is 6. The molecule has 0 bridgehead atoms. The van der Waals surface area contributed by atoms with E-state index in [2.05, 4.69) is 11.4 Å². The van der Waals surface area contributed by atoms with Crippen molar-refractivity contribution in [3.63, 3.8) is 0 Å². The van der Waals surface area contributed by atoms with E-state index >= 15 is 0 Å². The summed E-state index contributed by atoms with van der Waals surface area (Å²) in [6.45, 7) is 1.20. The summed E-state index contributed by atoms with van der Waals surface area (Å²) in [6, 6.07) is 5.11. The maximum atomic E-state index is 12.5. The van der Waals surface area contributed by atoms with Gasteiger partial charge in [0, 0.05) is 25.2 Å². The zero-order valence-corrected chi connectivity index (χ0v) is 15.8. The number of nitrogens with one attached hydrogen (secondary N) is 1.